The van der Waals surface area contributed by atoms with E-state index in [1.807, 2.05) is 19.9 Å². The second kappa shape index (κ2) is 9.88. The molecule has 0 bridgehead atoms. The van der Waals surface area contributed by atoms with Crippen molar-refractivity contribution in [3.63, 3.8) is 0 Å². The van der Waals surface area contributed by atoms with Crippen LogP contribution < -0.4 is 14.8 Å². The summed E-state index contributed by atoms with van der Waals surface area (Å²) in [7, 11) is 0. The van der Waals surface area contributed by atoms with Crippen LogP contribution in [0.2, 0.25) is 0 Å². The summed E-state index contributed by atoms with van der Waals surface area (Å²) < 4.78 is 11.2. The second-order valence-electron chi connectivity index (χ2n) is 5.66. The molecule has 27 heavy (non-hydrogen) atoms. The molecule has 2 aromatic carbocycles. The topological polar surface area (TPSA) is 91.6 Å². The van der Waals surface area contributed by atoms with Gasteiger partial charge in [-0.25, -0.2) is 0 Å². The first kappa shape index (κ1) is 19.9. The number of aromatic hydroxyl groups is 1. The summed E-state index contributed by atoms with van der Waals surface area (Å²) in [6, 6.07) is 13.2. The van der Waals surface area contributed by atoms with Crippen LogP contribution in [0.5, 0.6) is 17.2 Å². The van der Waals surface area contributed by atoms with Gasteiger partial charge in [0.1, 0.15) is 17.4 Å². The second-order valence-corrected chi connectivity index (χ2v) is 5.66. The van der Waals surface area contributed by atoms with Crippen molar-refractivity contribution in [3.8, 4) is 23.3 Å². The van der Waals surface area contributed by atoms with Crippen LogP contribution in [0.3, 0.4) is 0 Å². The first-order valence-corrected chi connectivity index (χ1v) is 8.69. The van der Waals surface area contributed by atoms with Gasteiger partial charge in [0.15, 0.2) is 11.5 Å². The number of ether oxygens (including phenoxy) is 2. The molecule has 0 aliphatic rings. The molecule has 0 radical (unpaired) electrons. The van der Waals surface area contributed by atoms with E-state index >= 15 is 0 Å². The number of rotatable bonds is 8. The number of hydrogen-bond donors (Lipinski definition) is 2. The highest BCUT2D eigenvalue weighted by Crippen LogP contribution is 2.29. The van der Waals surface area contributed by atoms with E-state index in [1.54, 1.807) is 30.3 Å². The van der Waals surface area contributed by atoms with Gasteiger partial charge in [-0.15, -0.1) is 0 Å². The monoisotopic (exact) mass is 366 g/mol. The number of nitrogens with one attached hydrogen (secondary N) is 1. The van der Waals surface area contributed by atoms with Gasteiger partial charge >= 0.3 is 0 Å². The van der Waals surface area contributed by atoms with E-state index in [2.05, 4.69) is 5.32 Å². The summed E-state index contributed by atoms with van der Waals surface area (Å²) in [5.41, 5.74) is 1.09. The van der Waals surface area contributed by atoms with E-state index in [1.165, 1.54) is 18.2 Å². The summed E-state index contributed by atoms with van der Waals surface area (Å²) in [6.45, 7) is 4.94. The van der Waals surface area contributed by atoms with Crippen molar-refractivity contribution in [1.82, 2.24) is 0 Å². The molecule has 1 amide bonds. The van der Waals surface area contributed by atoms with Gasteiger partial charge in [0.2, 0.25) is 0 Å². The molecule has 0 spiro atoms. The maximum Gasteiger partial charge on any atom is 0.266 e. The highest BCUT2D eigenvalue weighted by molar-refractivity contribution is 6.09. The van der Waals surface area contributed by atoms with Crippen LogP contribution in [-0.2, 0) is 4.79 Å². The molecule has 2 rings (SSSR count). The standard InChI is InChI=1S/C21H22N2O4/c1-3-11-27-19-10-5-15(13-20(19)26-4-2)12-16(14-22)21(25)23-17-6-8-18(24)9-7-17/h5-10,12-13,24H,3-4,11H2,1-2H3,(H,23,25). The summed E-state index contributed by atoms with van der Waals surface area (Å²) in [4.78, 5) is 12.3. The van der Waals surface area contributed by atoms with Gasteiger partial charge in [0.05, 0.1) is 13.2 Å². The first-order valence-electron chi connectivity index (χ1n) is 8.69. The Bertz CT molecular complexity index is 851. The molecule has 0 heterocycles. The number of hydrogen-bond acceptors (Lipinski definition) is 5. The Balaban J connectivity index is 2.22. The summed E-state index contributed by atoms with van der Waals surface area (Å²) in [6.07, 6.45) is 2.37. The van der Waals surface area contributed by atoms with Gasteiger partial charge in [-0.1, -0.05) is 13.0 Å². The average molecular weight is 366 g/mol. The Labute approximate surface area is 158 Å². The van der Waals surface area contributed by atoms with Crippen LogP contribution in [0.1, 0.15) is 25.8 Å². The Kier molecular flexibility index (Phi) is 7.26. The number of carbonyl (C=O) groups excluding carboxylic acids is 1. The van der Waals surface area contributed by atoms with E-state index in [9.17, 15) is 15.2 Å². The van der Waals surface area contributed by atoms with E-state index in [0.29, 0.717) is 36.0 Å². The fourth-order valence-corrected chi connectivity index (χ4v) is 2.27. The van der Waals surface area contributed by atoms with Crippen molar-refractivity contribution in [1.29, 1.82) is 5.26 Å². The molecule has 0 atom stereocenters. The molecule has 0 aromatic heterocycles. The van der Waals surface area contributed by atoms with Crippen LogP contribution in [0, 0.1) is 11.3 Å². The quantitative estimate of drug-likeness (QED) is 0.416. The van der Waals surface area contributed by atoms with Crippen LogP contribution in [0.15, 0.2) is 48.0 Å². The molecule has 0 fully saturated rings. The molecule has 2 aromatic rings. The summed E-state index contributed by atoms with van der Waals surface area (Å²) in [5, 5.41) is 21.3. The highest BCUT2D eigenvalue weighted by Gasteiger charge is 2.11. The largest absolute Gasteiger partial charge is 0.508 e. The normalized spacial score (nSPS) is 10.8. The fourth-order valence-electron chi connectivity index (χ4n) is 2.27. The molecule has 140 valence electrons. The van der Waals surface area contributed by atoms with Crippen molar-refractivity contribution < 1.29 is 19.4 Å². The number of benzene rings is 2. The highest BCUT2D eigenvalue weighted by atomic mass is 16.5. The SMILES string of the molecule is CCCOc1ccc(C=C(C#N)C(=O)Nc2ccc(O)cc2)cc1OCC. The van der Waals surface area contributed by atoms with Gasteiger partial charge in [0.25, 0.3) is 5.91 Å². The van der Waals surface area contributed by atoms with Gasteiger partial charge in [-0.3, -0.25) is 4.79 Å². The predicted molar refractivity (Wildman–Crippen MR) is 104 cm³/mol. The number of carbonyl (C=O) groups is 1. The summed E-state index contributed by atoms with van der Waals surface area (Å²) in [5.74, 6) is 0.754. The Hall–Kier alpha value is -3.46. The van der Waals surface area contributed by atoms with Crippen molar-refractivity contribution in [3.05, 3.63) is 53.6 Å². The van der Waals surface area contributed by atoms with Crippen LogP contribution in [0.25, 0.3) is 6.08 Å². The Morgan fingerprint density at radius 1 is 1.15 bits per heavy atom. The van der Waals surface area contributed by atoms with Crippen molar-refractivity contribution >= 4 is 17.7 Å². The minimum atomic E-state index is -0.535. The number of phenolic OH excluding ortho intramolecular Hbond substituents is 1. The summed E-state index contributed by atoms with van der Waals surface area (Å²) >= 11 is 0. The Morgan fingerprint density at radius 2 is 1.89 bits per heavy atom. The smallest absolute Gasteiger partial charge is 0.266 e. The lowest BCUT2D eigenvalue weighted by Gasteiger charge is -2.12. The van der Waals surface area contributed by atoms with Crippen LogP contribution in [0.4, 0.5) is 5.69 Å². The number of phenols is 1. The lowest BCUT2D eigenvalue weighted by molar-refractivity contribution is -0.112. The van der Waals surface area contributed by atoms with Crippen molar-refractivity contribution in [2.24, 2.45) is 0 Å². The number of nitriles is 1. The molecule has 6 nitrogen and oxygen atoms in total. The molecular weight excluding hydrogens is 344 g/mol. The van der Waals surface area contributed by atoms with E-state index in [4.69, 9.17) is 9.47 Å². The fraction of sp³-hybridized carbons (Fsp3) is 0.238. The lowest BCUT2D eigenvalue weighted by Crippen LogP contribution is -2.13. The maximum atomic E-state index is 12.3. The molecule has 0 saturated heterocycles. The number of nitrogens with zero attached hydrogens (tertiary/aromatic N) is 1. The number of anilines is 1. The maximum absolute atomic E-state index is 12.3. The van der Waals surface area contributed by atoms with E-state index in [-0.39, 0.29) is 11.3 Å². The van der Waals surface area contributed by atoms with Crippen LogP contribution in [-0.4, -0.2) is 24.2 Å². The third kappa shape index (κ3) is 5.79. The number of amides is 1. The zero-order valence-electron chi connectivity index (χ0n) is 15.4. The minimum absolute atomic E-state index is 0.0484. The van der Waals surface area contributed by atoms with Crippen molar-refractivity contribution in [2.75, 3.05) is 18.5 Å². The van der Waals surface area contributed by atoms with E-state index < -0.39 is 5.91 Å². The molecule has 0 aliphatic heterocycles. The third-order valence-electron chi connectivity index (χ3n) is 3.53. The van der Waals surface area contributed by atoms with E-state index in [0.717, 1.165) is 6.42 Å². The zero-order chi connectivity index (χ0) is 19.6. The average Bonchev–Trinajstić information content (AvgIpc) is 2.67. The lowest BCUT2D eigenvalue weighted by atomic mass is 10.1. The minimum Gasteiger partial charge on any atom is -0.508 e. The van der Waals surface area contributed by atoms with Gasteiger partial charge in [-0.05, 0) is 61.4 Å². The molecular formula is C21H22N2O4. The zero-order valence-corrected chi connectivity index (χ0v) is 15.4. The van der Waals surface area contributed by atoms with Crippen LogP contribution >= 0.6 is 0 Å². The molecule has 0 saturated carbocycles. The molecule has 0 aliphatic carbocycles. The van der Waals surface area contributed by atoms with Gasteiger partial charge in [0, 0.05) is 5.69 Å². The van der Waals surface area contributed by atoms with Gasteiger partial charge < -0.3 is 19.9 Å². The Morgan fingerprint density at radius 3 is 2.52 bits per heavy atom. The third-order valence-corrected chi connectivity index (χ3v) is 3.53. The van der Waals surface area contributed by atoms with Gasteiger partial charge in [-0.2, -0.15) is 5.26 Å². The molecule has 6 heteroatoms. The predicted octanol–water partition coefficient (Wildman–Crippen LogP) is 4.13. The molecule has 2 N–H and O–H groups in total. The molecule has 0 unspecified atom stereocenters. The van der Waals surface area contributed by atoms with Crippen molar-refractivity contribution in [2.45, 2.75) is 20.3 Å². The first-order chi connectivity index (χ1) is 13.1.